The molecule has 0 aromatic heterocycles. The molecule has 0 radical (unpaired) electrons. The summed E-state index contributed by atoms with van der Waals surface area (Å²) in [6.07, 6.45) is 1.07. The molecule has 1 aromatic carbocycles. The lowest BCUT2D eigenvalue weighted by molar-refractivity contribution is 0.171. The van der Waals surface area contributed by atoms with Gasteiger partial charge in [-0.1, -0.05) is 13.0 Å². The van der Waals surface area contributed by atoms with Gasteiger partial charge in [0.25, 0.3) is 0 Å². The minimum Gasteiger partial charge on any atom is -0.486 e. The molecular weight excluding hydrogens is 190 g/mol. The van der Waals surface area contributed by atoms with Gasteiger partial charge in [-0.15, -0.1) is 0 Å². The van der Waals surface area contributed by atoms with Crippen LogP contribution in [-0.2, 0) is 0 Å². The van der Waals surface area contributed by atoms with Gasteiger partial charge in [-0.2, -0.15) is 0 Å². The summed E-state index contributed by atoms with van der Waals surface area (Å²) in [5.74, 6) is 1.73. The highest BCUT2D eigenvalue weighted by Gasteiger charge is 2.14. The fourth-order valence-corrected chi connectivity index (χ4v) is 1.88. The summed E-state index contributed by atoms with van der Waals surface area (Å²) in [7, 11) is 1.98. The highest BCUT2D eigenvalue weighted by atomic mass is 16.6. The van der Waals surface area contributed by atoms with Crippen LogP contribution in [0.1, 0.15) is 24.9 Å². The van der Waals surface area contributed by atoms with Crippen LogP contribution in [0.3, 0.4) is 0 Å². The minimum atomic E-state index is 0.390. The van der Waals surface area contributed by atoms with Crippen molar-refractivity contribution in [1.29, 1.82) is 0 Å². The highest BCUT2D eigenvalue weighted by molar-refractivity contribution is 5.44. The Bertz CT molecular complexity index is 334. The number of fused-ring (bicyclic) bond motifs is 1. The van der Waals surface area contributed by atoms with Gasteiger partial charge in [-0.3, -0.25) is 0 Å². The topological polar surface area (TPSA) is 30.5 Å². The summed E-state index contributed by atoms with van der Waals surface area (Å²) >= 11 is 0. The maximum atomic E-state index is 5.55. The summed E-state index contributed by atoms with van der Waals surface area (Å²) in [6.45, 7) is 3.46. The van der Waals surface area contributed by atoms with E-state index in [4.69, 9.17) is 9.47 Å². The molecule has 3 nitrogen and oxygen atoms in total. The normalized spacial score (nSPS) is 16.1. The first-order chi connectivity index (χ1) is 7.35. The van der Waals surface area contributed by atoms with Crippen molar-refractivity contribution in [2.45, 2.75) is 19.4 Å². The Kier molecular flexibility index (Phi) is 3.11. The van der Waals surface area contributed by atoms with Crippen LogP contribution in [0.25, 0.3) is 0 Å². The zero-order valence-electron chi connectivity index (χ0n) is 9.25. The van der Waals surface area contributed by atoms with Crippen molar-refractivity contribution in [3.63, 3.8) is 0 Å². The quantitative estimate of drug-likeness (QED) is 0.823. The molecule has 0 aliphatic carbocycles. The van der Waals surface area contributed by atoms with E-state index in [1.807, 2.05) is 13.1 Å². The average molecular weight is 207 g/mol. The highest BCUT2D eigenvalue weighted by Crippen LogP contribution is 2.33. The summed E-state index contributed by atoms with van der Waals surface area (Å²) in [5, 5.41) is 3.28. The molecule has 0 bridgehead atoms. The van der Waals surface area contributed by atoms with Gasteiger partial charge in [0.05, 0.1) is 0 Å². The minimum absolute atomic E-state index is 0.390. The lowest BCUT2D eigenvalue weighted by Crippen LogP contribution is -2.18. The van der Waals surface area contributed by atoms with E-state index < -0.39 is 0 Å². The zero-order valence-corrected chi connectivity index (χ0v) is 9.25. The van der Waals surface area contributed by atoms with Crippen LogP contribution < -0.4 is 14.8 Å². The third-order valence-electron chi connectivity index (χ3n) is 2.73. The Balaban J connectivity index is 2.27. The van der Waals surface area contributed by atoms with Gasteiger partial charge in [0, 0.05) is 6.04 Å². The molecule has 3 heteroatoms. The summed E-state index contributed by atoms with van der Waals surface area (Å²) in [4.78, 5) is 0. The number of hydrogen-bond donors (Lipinski definition) is 1. The van der Waals surface area contributed by atoms with Gasteiger partial charge in [0.15, 0.2) is 11.5 Å². The number of nitrogens with one attached hydrogen (secondary N) is 1. The van der Waals surface area contributed by atoms with Crippen LogP contribution in [0.2, 0.25) is 0 Å². The summed E-state index contributed by atoms with van der Waals surface area (Å²) in [5.41, 5.74) is 1.25. The Labute approximate surface area is 90.4 Å². The van der Waals surface area contributed by atoms with Crippen LogP contribution in [0.5, 0.6) is 11.5 Å². The van der Waals surface area contributed by atoms with E-state index in [0.717, 1.165) is 17.9 Å². The molecule has 0 amide bonds. The third-order valence-corrected chi connectivity index (χ3v) is 2.73. The molecule has 82 valence electrons. The van der Waals surface area contributed by atoms with Crippen molar-refractivity contribution in [3.05, 3.63) is 23.8 Å². The standard InChI is InChI=1S/C12H17NO2/c1-3-10(13-2)9-4-5-11-12(8-9)15-7-6-14-11/h4-5,8,10,13H,3,6-7H2,1-2H3. The van der Waals surface area contributed by atoms with E-state index in [1.54, 1.807) is 0 Å². The van der Waals surface area contributed by atoms with Crippen LogP contribution >= 0.6 is 0 Å². The summed E-state index contributed by atoms with van der Waals surface area (Å²) in [6, 6.07) is 6.54. The second kappa shape index (κ2) is 4.53. The summed E-state index contributed by atoms with van der Waals surface area (Å²) < 4.78 is 11.0. The van der Waals surface area contributed by atoms with Crippen molar-refractivity contribution in [1.82, 2.24) is 5.32 Å². The van der Waals surface area contributed by atoms with E-state index in [2.05, 4.69) is 24.4 Å². The van der Waals surface area contributed by atoms with Gasteiger partial charge in [0.2, 0.25) is 0 Å². The molecule has 0 saturated heterocycles. The van der Waals surface area contributed by atoms with E-state index in [1.165, 1.54) is 5.56 Å². The molecule has 1 unspecified atom stereocenters. The Hall–Kier alpha value is -1.22. The third kappa shape index (κ3) is 2.07. The molecule has 0 spiro atoms. The maximum Gasteiger partial charge on any atom is 0.161 e. The zero-order chi connectivity index (χ0) is 10.7. The van der Waals surface area contributed by atoms with Crippen molar-refractivity contribution >= 4 is 0 Å². The van der Waals surface area contributed by atoms with Crippen LogP contribution in [0.15, 0.2) is 18.2 Å². The van der Waals surface area contributed by atoms with Crippen LogP contribution in [0, 0.1) is 0 Å². The molecule has 1 heterocycles. The largest absolute Gasteiger partial charge is 0.486 e. The smallest absolute Gasteiger partial charge is 0.161 e. The predicted molar refractivity (Wildman–Crippen MR) is 59.5 cm³/mol. The Morgan fingerprint density at radius 3 is 2.67 bits per heavy atom. The number of benzene rings is 1. The van der Waals surface area contributed by atoms with Gasteiger partial charge >= 0.3 is 0 Å². The molecular formula is C12H17NO2. The van der Waals surface area contributed by atoms with E-state index in [9.17, 15) is 0 Å². The van der Waals surface area contributed by atoms with Gasteiger partial charge < -0.3 is 14.8 Å². The molecule has 1 aliphatic heterocycles. The monoisotopic (exact) mass is 207 g/mol. The average Bonchev–Trinajstić information content (AvgIpc) is 2.30. The molecule has 1 aliphatic rings. The second-order valence-corrected chi connectivity index (χ2v) is 3.65. The van der Waals surface area contributed by atoms with Crippen molar-refractivity contribution < 1.29 is 9.47 Å². The van der Waals surface area contributed by atoms with E-state index in [-0.39, 0.29) is 0 Å². The number of ether oxygens (including phenoxy) is 2. The first-order valence-corrected chi connectivity index (χ1v) is 5.42. The SMILES string of the molecule is CCC(NC)c1ccc2c(c1)OCCO2. The van der Waals surface area contributed by atoms with E-state index >= 15 is 0 Å². The van der Waals surface area contributed by atoms with Crippen LogP contribution in [-0.4, -0.2) is 20.3 Å². The van der Waals surface area contributed by atoms with Crippen molar-refractivity contribution in [2.24, 2.45) is 0 Å². The van der Waals surface area contributed by atoms with Crippen LogP contribution in [0.4, 0.5) is 0 Å². The fourth-order valence-electron chi connectivity index (χ4n) is 1.88. The lowest BCUT2D eigenvalue weighted by atomic mass is 10.0. The first kappa shape index (κ1) is 10.3. The Morgan fingerprint density at radius 1 is 1.27 bits per heavy atom. The molecule has 0 saturated carbocycles. The molecule has 1 N–H and O–H groups in total. The van der Waals surface area contributed by atoms with Gasteiger partial charge in [0.1, 0.15) is 13.2 Å². The molecule has 0 fully saturated rings. The second-order valence-electron chi connectivity index (χ2n) is 3.65. The van der Waals surface area contributed by atoms with Crippen molar-refractivity contribution in [3.8, 4) is 11.5 Å². The number of rotatable bonds is 3. The molecule has 1 aromatic rings. The predicted octanol–water partition coefficient (Wildman–Crippen LogP) is 2.13. The number of hydrogen-bond acceptors (Lipinski definition) is 3. The van der Waals surface area contributed by atoms with Gasteiger partial charge in [-0.05, 0) is 31.2 Å². The fraction of sp³-hybridized carbons (Fsp3) is 0.500. The molecule has 1 atom stereocenters. The molecule has 2 rings (SSSR count). The maximum absolute atomic E-state index is 5.55. The van der Waals surface area contributed by atoms with Gasteiger partial charge in [-0.25, -0.2) is 0 Å². The molecule has 15 heavy (non-hydrogen) atoms. The Morgan fingerprint density at radius 2 is 2.00 bits per heavy atom. The lowest BCUT2D eigenvalue weighted by Gasteiger charge is -2.21. The van der Waals surface area contributed by atoms with Crippen molar-refractivity contribution in [2.75, 3.05) is 20.3 Å². The first-order valence-electron chi connectivity index (χ1n) is 5.42. The van der Waals surface area contributed by atoms with E-state index in [0.29, 0.717) is 19.3 Å².